The number of sulfonamides is 1. The molecule has 0 spiro atoms. The van der Waals surface area contributed by atoms with Crippen molar-refractivity contribution in [2.24, 2.45) is 5.92 Å². The fourth-order valence-electron chi connectivity index (χ4n) is 1.94. The molecule has 0 aliphatic carbocycles. The van der Waals surface area contributed by atoms with E-state index in [4.69, 9.17) is 0 Å². The van der Waals surface area contributed by atoms with E-state index in [1.165, 1.54) is 13.2 Å². The molecule has 1 unspecified atom stereocenters. The molecule has 0 radical (unpaired) electrons. The van der Waals surface area contributed by atoms with E-state index in [1.807, 2.05) is 0 Å². The zero-order valence-corrected chi connectivity index (χ0v) is 13.4. The fourth-order valence-corrected chi connectivity index (χ4v) is 4.39. The van der Waals surface area contributed by atoms with Crippen LogP contribution in [0.5, 0.6) is 0 Å². The average molecular weight is 341 g/mol. The molecule has 0 amide bonds. The van der Waals surface area contributed by atoms with Crippen LogP contribution >= 0.6 is 23.7 Å². The van der Waals surface area contributed by atoms with Crippen LogP contribution in [0.15, 0.2) is 16.3 Å². The third-order valence-corrected chi connectivity index (χ3v) is 5.50. The Kier molecular flexibility index (Phi) is 6.41. The van der Waals surface area contributed by atoms with Gasteiger partial charge in [0.1, 0.15) is 9.77 Å². The number of methoxy groups -OCH3 is 1. The zero-order valence-electron chi connectivity index (χ0n) is 10.9. The maximum atomic E-state index is 12.2. The molecule has 20 heavy (non-hydrogen) atoms. The largest absolute Gasteiger partial charge is 0.465 e. The topological polar surface area (TPSA) is 84.5 Å². The van der Waals surface area contributed by atoms with Gasteiger partial charge in [-0.25, -0.2) is 17.9 Å². The highest BCUT2D eigenvalue weighted by molar-refractivity contribution is 7.89. The van der Waals surface area contributed by atoms with Crippen LogP contribution in [0.2, 0.25) is 0 Å². The summed E-state index contributed by atoms with van der Waals surface area (Å²) in [5.74, 6) is -0.326. The summed E-state index contributed by atoms with van der Waals surface area (Å²) >= 11 is 1.06. The van der Waals surface area contributed by atoms with Gasteiger partial charge in [0, 0.05) is 6.54 Å². The molecule has 1 atom stereocenters. The van der Waals surface area contributed by atoms with Crippen LogP contribution in [-0.4, -0.2) is 41.1 Å². The highest BCUT2D eigenvalue weighted by Gasteiger charge is 2.25. The van der Waals surface area contributed by atoms with Gasteiger partial charge in [-0.2, -0.15) is 0 Å². The first-order chi connectivity index (χ1) is 9.04. The van der Waals surface area contributed by atoms with Crippen LogP contribution in [-0.2, 0) is 14.8 Å². The van der Waals surface area contributed by atoms with Crippen molar-refractivity contribution in [3.8, 4) is 0 Å². The molecular formula is C11H17ClN2O4S2. The van der Waals surface area contributed by atoms with Crippen molar-refractivity contribution in [3.63, 3.8) is 0 Å². The van der Waals surface area contributed by atoms with Crippen LogP contribution in [0.4, 0.5) is 0 Å². The number of hydrogen-bond donors (Lipinski definition) is 2. The van der Waals surface area contributed by atoms with Gasteiger partial charge in [-0.1, -0.05) is 0 Å². The van der Waals surface area contributed by atoms with Gasteiger partial charge >= 0.3 is 5.97 Å². The van der Waals surface area contributed by atoms with E-state index < -0.39 is 16.0 Å². The Labute approximate surface area is 128 Å². The van der Waals surface area contributed by atoms with Gasteiger partial charge in [-0.05, 0) is 36.9 Å². The minimum absolute atomic E-state index is 0. The smallest absolute Gasteiger partial charge is 0.349 e. The van der Waals surface area contributed by atoms with Crippen molar-refractivity contribution >= 4 is 39.7 Å². The lowest BCUT2D eigenvalue weighted by atomic mass is 10.1. The van der Waals surface area contributed by atoms with Crippen molar-refractivity contribution in [3.05, 3.63) is 16.3 Å². The minimum atomic E-state index is -3.66. The Morgan fingerprint density at radius 3 is 2.95 bits per heavy atom. The van der Waals surface area contributed by atoms with Crippen LogP contribution in [0, 0.1) is 5.92 Å². The van der Waals surface area contributed by atoms with Crippen LogP contribution in [0.3, 0.4) is 0 Å². The Morgan fingerprint density at radius 1 is 1.60 bits per heavy atom. The lowest BCUT2D eigenvalue weighted by Gasteiger charge is -2.10. The van der Waals surface area contributed by atoms with E-state index in [-0.39, 0.29) is 22.2 Å². The molecule has 1 aromatic rings. The molecular weight excluding hydrogens is 324 g/mol. The van der Waals surface area contributed by atoms with E-state index in [0.717, 1.165) is 30.8 Å². The third kappa shape index (κ3) is 3.92. The number of thiophene rings is 1. The molecule has 6 nitrogen and oxygen atoms in total. The fraction of sp³-hybridized carbons (Fsp3) is 0.545. The Hall–Kier alpha value is -0.670. The lowest BCUT2D eigenvalue weighted by molar-refractivity contribution is 0.0602. The van der Waals surface area contributed by atoms with Gasteiger partial charge in [0.15, 0.2) is 0 Å². The summed E-state index contributed by atoms with van der Waals surface area (Å²) in [5, 5.41) is 4.74. The first-order valence-electron chi connectivity index (χ1n) is 5.91. The summed E-state index contributed by atoms with van der Waals surface area (Å²) in [6.07, 6.45) is 0.954. The second-order valence-corrected chi connectivity index (χ2v) is 6.97. The molecule has 9 heteroatoms. The van der Waals surface area contributed by atoms with Crippen LogP contribution in [0.25, 0.3) is 0 Å². The second kappa shape index (κ2) is 7.37. The first-order valence-corrected chi connectivity index (χ1v) is 8.27. The minimum Gasteiger partial charge on any atom is -0.465 e. The van der Waals surface area contributed by atoms with Gasteiger partial charge < -0.3 is 10.1 Å². The quantitative estimate of drug-likeness (QED) is 0.776. The summed E-state index contributed by atoms with van der Waals surface area (Å²) in [6, 6.07) is 1.42. The summed E-state index contributed by atoms with van der Waals surface area (Å²) in [4.78, 5) is 11.6. The van der Waals surface area contributed by atoms with Gasteiger partial charge in [0.25, 0.3) is 0 Å². The van der Waals surface area contributed by atoms with E-state index in [0.29, 0.717) is 12.5 Å². The molecule has 1 aromatic heterocycles. The monoisotopic (exact) mass is 340 g/mol. The van der Waals surface area contributed by atoms with Gasteiger partial charge in [0.05, 0.1) is 7.11 Å². The summed E-state index contributed by atoms with van der Waals surface area (Å²) < 4.78 is 31.4. The molecule has 1 fully saturated rings. The number of esters is 1. The highest BCUT2D eigenvalue weighted by Crippen LogP contribution is 2.22. The standard InChI is InChI=1S/C11H16N2O4S2.ClH/c1-17-11(14)10-9(3-5-18-10)19(15,16)13-7-8-2-4-12-6-8;/h3,5,8,12-13H,2,4,6-7H2,1H3;1H. The van der Waals surface area contributed by atoms with Crippen molar-refractivity contribution in [1.29, 1.82) is 0 Å². The van der Waals surface area contributed by atoms with Crippen LogP contribution in [0.1, 0.15) is 16.1 Å². The van der Waals surface area contributed by atoms with Crippen molar-refractivity contribution in [2.75, 3.05) is 26.7 Å². The van der Waals surface area contributed by atoms with Crippen molar-refractivity contribution < 1.29 is 17.9 Å². The average Bonchev–Trinajstić information content (AvgIpc) is 3.06. The normalized spacial score (nSPS) is 18.6. The number of hydrogen-bond acceptors (Lipinski definition) is 6. The molecule has 1 saturated heterocycles. The lowest BCUT2D eigenvalue weighted by Crippen LogP contribution is -2.30. The molecule has 1 aliphatic heterocycles. The number of halogens is 1. The van der Waals surface area contributed by atoms with Gasteiger partial charge in [0.2, 0.25) is 10.0 Å². The van der Waals surface area contributed by atoms with E-state index in [1.54, 1.807) is 5.38 Å². The maximum Gasteiger partial charge on any atom is 0.349 e. The Morgan fingerprint density at radius 2 is 2.35 bits per heavy atom. The van der Waals surface area contributed by atoms with E-state index in [2.05, 4.69) is 14.8 Å². The number of ether oxygens (including phenoxy) is 1. The molecule has 0 bridgehead atoms. The first kappa shape index (κ1) is 17.4. The number of carbonyl (C=O) groups is 1. The summed E-state index contributed by atoms with van der Waals surface area (Å²) in [7, 11) is -2.43. The predicted octanol–water partition coefficient (Wildman–Crippen LogP) is 0.844. The summed E-state index contributed by atoms with van der Waals surface area (Å²) in [5.41, 5.74) is 0. The predicted molar refractivity (Wildman–Crippen MR) is 79.1 cm³/mol. The second-order valence-electron chi connectivity index (χ2n) is 4.32. The molecule has 0 aromatic carbocycles. The van der Waals surface area contributed by atoms with Crippen molar-refractivity contribution in [1.82, 2.24) is 10.0 Å². The SMILES string of the molecule is COC(=O)c1sccc1S(=O)(=O)NCC1CCNC1.Cl. The third-order valence-electron chi connectivity index (χ3n) is 3.01. The number of rotatable bonds is 5. The maximum absolute atomic E-state index is 12.2. The highest BCUT2D eigenvalue weighted by atomic mass is 35.5. The van der Waals surface area contributed by atoms with Gasteiger partial charge in [-0.3, -0.25) is 0 Å². The zero-order chi connectivity index (χ0) is 13.9. The van der Waals surface area contributed by atoms with Crippen LogP contribution < -0.4 is 10.0 Å². The van der Waals surface area contributed by atoms with E-state index >= 15 is 0 Å². The number of nitrogens with one attached hydrogen (secondary N) is 2. The van der Waals surface area contributed by atoms with Crippen molar-refractivity contribution in [2.45, 2.75) is 11.3 Å². The molecule has 2 N–H and O–H groups in total. The number of carbonyl (C=O) groups excluding carboxylic acids is 1. The molecule has 2 rings (SSSR count). The Bertz CT molecular complexity index is 553. The van der Waals surface area contributed by atoms with E-state index in [9.17, 15) is 13.2 Å². The Balaban J connectivity index is 0.00000200. The summed E-state index contributed by atoms with van der Waals surface area (Å²) in [6.45, 7) is 2.11. The molecule has 114 valence electrons. The molecule has 1 aliphatic rings. The molecule has 0 saturated carbocycles. The van der Waals surface area contributed by atoms with Gasteiger partial charge in [-0.15, -0.1) is 23.7 Å². The molecule has 2 heterocycles.